The van der Waals surface area contributed by atoms with Gasteiger partial charge in [-0.15, -0.1) is 17.0 Å². The Kier molecular flexibility index (Phi) is 17.3. The minimum atomic E-state index is -0.0761. The Morgan fingerprint density at radius 2 is 1.58 bits per heavy atom. The molecule has 1 atom stereocenters. The maximum absolute atomic E-state index is 12.9. The van der Waals surface area contributed by atoms with Crippen molar-refractivity contribution in [3.05, 3.63) is 70.3 Å². The van der Waals surface area contributed by atoms with Gasteiger partial charge in [-0.1, -0.05) is 126 Å². The lowest BCUT2D eigenvalue weighted by Gasteiger charge is -2.31. The first-order valence-corrected chi connectivity index (χ1v) is 16.7. The van der Waals surface area contributed by atoms with Crippen LogP contribution in [0.1, 0.15) is 116 Å². The van der Waals surface area contributed by atoms with Crippen molar-refractivity contribution in [3.8, 4) is 5.75 Å². The molecule has 2 aromatic rings. The molecule has 3 rings (SSSR count). The van der Waals surface area contributed by atoms with Crippen molar-refractivity contribution in [2.45, 2.75) is 118 Å². The van der Waals surface area contributed by atoms with Gasteiger partial charge >= 0.3 is 0 Å². The minimum Gasteiger partial charge on any atom is -0.492 e. The Hall–Kier alpha value is -2.11. The van der Waals surface area contributed by atoms with E-state index in [1.807, 2.05) is 47.5 Å². The first-order valence-electron chi connectivity index (χ1n) is 16.3. The Morgan fingerprint density at radius 1 is 0.953 bits per heavy atom. The third-order valence-corrected chi connectivity index (χ3v) is 8.47. The molecule has 1 unspecified atom stereocenters. The number of carbonyl (C=O) groups excluding carboxylic acids is 1. The molecule has 0 saturated carbocycles. The van der Waals surface area contributed by atoms with Gasteiger partial charge in [0.15, 0.2) is 0 Å². The number of unbranched alkanes of at least 4 members (excludes halogenated alkanes) is 11. The Bertz CT molecular complexity index is 1180. The zero-order valence-electron chi connectivity index (χ0n) is 27.0. The highest BCUT2D eigenvalue weighted by atomic mass is 79.9. The van der Waals surface area contributed by atoms with Gasteiger partial charge in [0, 0.05) is 30.8 Å². The normalized spacial score (nSPS) is 16.0. The van der Waals surface area contributed by atoms with Gasteiger partial charge in [0.1, 0.15) is 5.75 Å². The molecular weight excluding hydrogens is 620 g/mol. The topological polar surface area (TPSA) is 41.9 Å². The lowest BCUT2D eigenvalue weighted by Crippen LogP contribution is -2.30. The number of ether oxygens (including phenoxy) is 1. The number of benzene rings is 2. The van der Waals surface area contributed by atoms with Gasteiger partial charge in [0.05, 0.1) is 18.2 Å². The van der Waals surface area contributed by atoms with E-state index in [4.69, 9.17) is 16.3 Å². The largest absolute Gasteiger partial charge is 0.492 e. The standard InChI is InChI=1S/C37H53ClN2O2.BrH/c1-5-6-7-8-9-10-11-12-13-14-15-18-23-42-36-22-21-32(24-34(36)38)28-40(31(3)41)35-20-17-16-19-33(35)26-37(4)25-30(2)27-39-29-37;/h16-17,19-22,24-25,27H,5-15,18,23,26,28-29H2,1-4H3;1H. The second kappa shape index (κ2) is 20.0. The van der Waals surface area contributed by atoms with Gasteiger partial charge in [-0.25, -0.2) is 0 Å². The number of hydrogen-bond donors (Lipinski definition) is 0. The SMILES string of the molecule is Br.CCCCCCCCCCCCCCOc1ccc(CN(C(C)=O)c2ccccc2CC2(C)C=C(C)C=NC2)cc1Cl. The molecule has 43 heavy (non-hydrogen) atoms. The minimum absolute atomic E-state index is 0. The summed E-state index contributed by atoms with van der Waals surface area (Å²) < 4.78 is 6.01. The number of allylic oxidation sites excluding steroid dienone is 1. The Balaban J connectivity index is 0.00000645. The summed E-state index contributed by atoms with van der Waals surface area (Å²) >= 11 is 6.63. The molecule has 0 radical (unpaired) electrons. The quantitative estimate of drug-likeness (QED) is 0.139. The Labute approximate surface area is 277 Å². The zero-order chi connectivity index (χ0) is 30.2. The highest BCUT2D eigenvalue weighted by Gasteiger charge is 2.27. The molecule has 0 bridgehead atoms. The van der Waals surface area contributed by atoms with E-state index >= 15 is 0 Å². The van der Waals surface area contributed by atoms with Gasteiger partial charge < -0.3 is 9.64 Å². The molecule has 4 nitrogen and oxygen atoms in total. The third kappa shape index (κ3) is 13.2. The second-order valence-electron chi connectivity index (χ2n) is 12.4. The van der Waals surface area contributed by atoms with E-state index in [1.165, 1.54) is 76.2 Å². The van der Waals surface area contributed by atoms with Crippen LogP contribution >= 0.6 is 28.6 Å². The lowest BCUT2D eigenvalue weighted by molar-refractivity contribution is -0.116. The predicted octanol–water partition coefficient (Wildman–Crippen LogP) is 11.1. The number of aliphatic imine (C=N–C) groups is 1. The van der Waals surface area contributed by atoms with Crippen LogP contribution in [0.2, 0.25) is 5.02 Å². The van der Waals surface area contributed by atoms with Crippen molar-refractivity contribution in [1.29, 1.82) is 0 Å². The molecule has 0 saturated heterocycles. The van der Waals surface area contributed by atoms with Crippen LogP contribution in [0.25, 0.3) is 0 Å². The molecule has 1 heterocycles. The average Bonchev–Trinajstić information content (AvgIpc) is 2.95. The van der Waals surface area contributed by atoms with E-state index in [-0.39, 0.29) is 28.3 Å². The molecular formula is C37H54BrClN2O2. The average molecular weight is 674 g/mol. The van der Waals surface area contributed by atoms with E-state index in [1.54, 1.807) is 6.92 Å². The molecule has 2 aromatic carbocycles. The summed E-state index contributed by atoms with van der Waals surface area (Å²) in [6.45, 7) is 10.1. The highest BCUT2D eigenvalue weighted by molar-refractivity contribution is 8.93. The maximum atomic E-state index is 12.9. The molecule has 1 amide bonds. The fraction of sp³-hybridized carbons (Fsp3) is 0.568. The van der Waals surface area contributed by atoms with Gasteiger partial charge in [-0.2, -0.15) is 0 Å². The van der Waals surface area contributed by atoms with Crippen molar-refractivity contribution < 1.29 is 9.53 Å². The number of halogens is 2. The summed E-state index contributed by atoms with van der Waals surface area (Å²) in [4.78, 5) is 19.3. The number of hydrogen-bond acceptors (Lipinski definition) is 3. The molecule has 0 N–H and O–H groups in total. The van der Waals surface area contributed by atoms with Crippen LogP contribution in [0.15, 0.2) is 59.1 Å². The number of anilines is 1. The number of dihydropyridines is 1. The molecule has 0 fully saturated rings. The molecule has 1 aliphatic heterocycles. The van der Waals surface area contributed by atoms with Crippen molar-refractivity contribution in [2.75, 3.05) is 18.1 Å². The predicted molar refractivity (Wildman–Crippen MR) is 191 cm³/mol. The van der Waals surface area contributed by atoms with Crippen LogP contribution < -0.4 is 9.64 Å². The van der Waals surface area contributed by atoms with E-state index < -0.39 is 0 Å². The summed E-state index contributed by atoms with van der Waals surface area (Å²) in [5.74, 6) is 0.718. The van der Waals surface area contributed by atoms with Crippen molar-refractivity contribution in [3.63, 3.8) is 0 Å². The van der Waals surface area contributed by atoms with Crippen LogP contribution in [-0.2, 0) is 17.8 Å². The highest BCUT2D eigenvalue weighted by Crippen LogP contribution is 2.34. The van der Waals surface area contributed by atoms with Gasteiger partial charge in [-0.05, 0) is 54.7 Å². The summed E-state index contributed by atoms with van der Waals surface area (Å²) in [6, 6.07) is 14.1. The van der Waals surface area contributed by atoms with Crippen molar-refractivity contribution in [2.24, 2.45) is 10.4 Å². The van der Waals surface area contributed by atoms with E-state index in [2.05, 4.69) is 37.9 Å². The number of carbonyl (C=O) groups is 1. The molecule has 0 aromatic heterocycles. The zero-order valence-corrected chi connectivity index (χ0v) is 29.5. The van der Waals surface area contributed by atoms with Crippen LogP contribution in [0.4, 0.5) is 5.69 Å². The van der Waals surface area contributed by atoms with E-state index in [0.29, 0.717) is 23.9 Å². The first-order chi connectivity index (χ1) is 20.3. The van der Waals surface area contributed by atoms with E-state index in [0.717, 1.165) is 36.2 Å². The fourth-order valence-electron chi connectivity index (χ4n) is 5.93. The van der Waals surface area contributed by atoms with Gasteiger partial charge in [0.25, 0.3) is 0 Å². The second-order valence-corrected chi connectivity index (χ2v) is 12.8. The smallest absolute Gasteiger partial charge is 0.224 e. The van der Waals surface area contributed by atoms with Crippen molar-refractivity contribution >= 4 is 46.4 Å². The first kappa shape index (κ1) is 37.1. The van der Waals surface area contributed by atoms with Crippen LogP contribution in [0.3, 0.4) is 0 Å². The molecule has 6 heteroatoms. The third-order valence-electron chi connectivity index (χ3n) is 8.17. The lowest BCUT2D eigenvalue weighted by atomic mass is 9.80. The Morgan fingerprint density at radius 3 is 2.19 bits per heavy atom. The van der Waals surface area contributed by atoms with Crippen molar-refractivity contribution in [1.82, 2.24) is 0 Å². The summed E-state index contributed by atoms with van der Waals surface area (Å²) in [5, 5.41) is 0.594. The number of para-hydroxylation sites is 1. The summed E-state index contributed by atoms with van der Waals surface area (Å²) in [7, 11) is 0. The molecule has 0 aliphatic carbocycles. The van der Waals surface area contributed by atoms with Gasteiger partial charge in [-0.3, -0.25) is 9.79 Å². The monoisotopic (exact) mass is 672 g/mol. The van der Waals surface area contributed by atoms with Crippen LogP contribution in [-0.4, -0.2) is 25.3 Å². The van der Waals surface area contributed by atoms with Gasteiger partial charge in [0.2, 0.25) is 5.91 Å². The molecule has 1 aliphatic rings. The number of rotatable bonds is 19. The van der Waals surface area contributed by atoms with E-state index in [9.17, 15) is 4.79 Å². The summed E-state index contributed by atoms with van der Waals surface area (Å²) in [6.07, 6.45) is 20.9. The van der Waals surface area contributed by atoms with Crippen LogP contribution in [0, 0.1) is 5.41 Å². The molecule has 0 spiro atoms. The maximum Gasteiger partial charge on any atom is 0.224 e. The van der Waals surface area contributed by atoms with Crippen LogP contribution in [0.5, 0.6) is 5.75 Å². The number of amides is 1. The number of nitrogens with zero attached hydrogens (tertiary/aromatic N) is 2. The summed E-state index contributed by atoms with van der Waals surface area (Å²) in [5.41, 5.74) is 4.17. The molecule has 238 valence electrons. The fourth-order valence-corrected chi connectivity index (χ4v) is 6.19.